The lowest BCUT2D eigenvalue weighted by Crippen LogP contribution is -2.10. The minimum absolute atomic E-state index is 0.168. The molecule has 0 saturated heterocycles. The fraction of sp³-hybridized carbons (Fsp3) is 0.429. The van der Waals surface area contributed by atoms with E-state index < -0.39 is 0 Å². The van der Waals surface area contributed by atoms with Crippen LogP contribution in [0, 0.1) is 6.92 Å². The smallest absolute Gasteiger partial charge is 0.338 e. The van der Waals surface area contributed by atoms with E-state index in [1.165, 1.54) is 6.92 Å². The molecule has 0 saturated carbocycles. The predicted octanol–water partition coefficient (Wildman–Crippen LogP) is 3.16. The highest BCUT2D eigenvalue weighted by atomic mass is 16.5. The quantitative estimate of drug-likeness (QED) is 0.839. The van der Waals surface area contributed by atoms with Crippen molar-refractivity contribution < 1.29 is 14.3 Å². The molecule has 1 N–H and O–H groups in total. The van der Waals surface area contributed by atoms with E-state index in [2.05, 4.69) is 5.32 Å². The lowest BCUT2D eigenvalue weighted by Gasteiger charge is -2.08. The number of anilines is 1. The highest BCUT2D eigenvalue weighted by Crippen LogP contribution is 2.16. The van der Waals surface area contributed by atoms with Crippen LogP contribution in [0.4, 0.5) is 5.69 Å². The van der Waals surface area contributed by atoms with E-state index >= 15 is 0 Å². The molecule has 4 nitrogen and oxygen atoms in total. The lowest BCUT2D eigenvalue weighted by atomic mass is 10.1. The van der Waals surface area contributed by atoms with Crippen LogP contribution >= 0.6 is 0 Å². The Bertz CT molecular complexity index is 414. The van der Waals surface area contributed by atoms with Crippen LogP contribution in [0.25, 0.3) is 0 Å². The fourth-order valence-electron chi connectivity index (χ4n) is 1.33. The Labute approximate surface area is 108 Å². The average Bonchev–Trinajstić information content (AvgIpc) is 2.34. The van der Waals surface area contributed by atoms with Gasteiger partial charge < -0.3 is 10.1 Å². The maximum absolute atomic E-state index is 11.6. The SMILES string of the molecule is CC.CCOC(=O)c1cc(NC(C)=O)ccc1C. The Balaban J connectivity index is 0.00000137. The molecule has 0 aliphatic rings. The molecule has 0 aliphatic heterocycles. The normalized spacial score (nSPS) is 8.94. The van der Waals surface area contributed by atoms with Crippen LogP contribution in [0.3, 0.4) is 0 Å². The Morgan fingerprint density at radius 2 is 1.89 bits per heavy atom. The van der Waals surface area contributed by atoms with Crippen LogP contribution < -0.4 is 5.32 Å². The first-order chi connectivity index (χ1) is 8.54. The largest absolute Gasteiger partial charge is 0.462 e. The molecule has 0 unspecified atom stereocenters. The molecule has 0 aliphatic carbocycles. The van der Waals surface area contributed by atoms with E-state index in [9.17, 15) is 9.59 Å². The molecule has 0 aromatic heterocycles. The maximum atomic E-state index is 11.6. The van der Waals surface area contributed by atoms with Crippen molar-refractivity contribution in [2.75, 3.05) is 11.9 Å². The van der Waals surface area contributed by atoms with Crippen molar-refractivity contribution in [1.29, 1.82) is 0 Å². The lowest BCUT2D eigenvalue weighted by molar-refractivity contribution is -0.114. The molecule has 4 heteroatoms. The summed E-state index contributed by atoms with van der Waals surface area (Å²) in [5.74, 6) is -0.536. The molecule has 18 heavy (non-hydrogen) atoms. The average molecular weight is 251 g/mol. The third-order valence-corrected chi connectivity index (χ3v) is 2.05. The molecule has 0 spiro atoms. The Morgan fingerprint density at radius 3 is 2.39 bits per heavy atom. The summed E-state index contributed by atoms with van der Waals surface area (Å²) in [5, 5.41) is 2.62. The van der Waals surface area contributed by atoms with Gasteiger partial charge in [0.1, 0.15) is 0 Å². The van der Waals surface area contributed by atoms with Gasteiger partial charge in [0.15, 0.2) is 0 Å². The summed E-state index contributed by atoms with van der Waals surface area (Å²) in [7, 11) is 0. The number of hydrogen-bond acceptors (Lipinski definition) is 3. The van der Waals surface area contributed by atoms with Gasteiger partial charge in [-0.05, 0) is 31.5 Å². The van der Waals surface area contributed by atoms with Gasteiger partial charge >= 0.3 is 5.97 Å². The van der Waals surface area contributed by atoms with Crippen molar-refractivity contribution in [3.05, 3.63) is 29.3 Å². The van der Waals surface area contributed by atoms with Crippen molar-refractivity contribution in [3.8, 4) is 0 Å². The van der Waals surface area contributed by atoms with Gasteiger partial charge in [-0.15, -0.1) is 0 Å². The molecule has 1 amide bonds. The number of benzene rings is 1. The van der Waals surface area contributed by atoms with E-state index in [0.29, 0.717) is 17.9 Å². The van der Waals surface area contributed by atoms with Crippen molar-refractivity contribution in [1.82, 2.24) is 0 Å². The summed E-state index contributed by atoms with van der Waals surface area (Å²) in [6.07, 6.45) is 0. The number of carbonyl (C=O) groups excluding carboxylic acids is 2. The Hall–Kier alpha value is -1.84. The van der Waals surface area contributed by atoms with E-state index in [-0.39, 0.29) is 11.9 Å². The minimum atomic E-state index is -0.368. The molecule has 1 aromatic carbocycles. The van der Waals surface area contributed by atoms with Gasteiger partial charge in [0, 0.05) is 12.6 Å². The monoisotopic (exact) mass is 251 g/mol. The third kappa shape index (κ3) is 4.99. The summed E-state index contributed by atoms with van der Waals surface area (Å²) < 4.78 is 4.92. The van der Waals surface area contributed by atoms with Gasteiger partial charge in [-0.25, -0.2) is 4.79 Å². The first kappa shape index (κ1) is 16.2. The molecule has 0 atom stereocenters. The van der Waals surface area contributed by atoms with Crippen LogP contribution in [-0.2, 0) is 9.53 Å². The number of ether oxygens (including phenoxy) is 1. The van der Waals surface area contributed by atoms with E-state index in [1.807, 2.05) is 20.8 Å². The molecular weight excluding hydrogens is 230 g/mol. The van der Waals surface area contributed by atoms with Crippen LogP contribution in [0.5, 0.6) is 0 Å². The molecular formula is C14H21NO3. The van der Waals surface area contributed by atoms with Crippen LogP contribution in [-0.4, -0.2) is 18.5 Å². The number of rotatable bonds is 3. The van der Waals surface area contributed by atoms with Crippen LogP contribution in [0.1, 0.15) is 43.6 Å². The van der Waals surface area contributed by atoms with Gasteiger partial charge in [0.25, 0.3) is 0 Å². The van der Waals surface area contributed by atoms with E-state index in [4.69, 9.17) is 4.74 Å². The minimum Gasteiger partial charge on any atom is -0.462 e. The number of esters is 1. The molecule has 0 heterocycles. The Morgan fingerprint density at radius 1 is 1.28 bits per heavy atom. The fourth-order valence-corrected chi connectivity index (χ4v) is 1.33. The number of carbonyl (C=O) groups is 2. The standard InChI is InChI=1S/C12H15NO3.C2H6/c1-4-16-12(15)11-7-10(13-9(3)14)6-5-8(11)2;1-2/h5-7H,4H2,1-3H3,(H,13,14);1-2H3. The first-order valence-electron chi connectivity index (χ1n) is 6.10. The van der Waals surface area contributed by atoms with Crippen LogP contribution in [0.15, 0.2) is 18.2 Å². The summed E-state index contributed by atoms with van der Waals surface area (Å²) in [6.45, 7) is 9.33. The predicted molar refractivity (Wildman–Crippen MR) is 72.8 cm³/mol. The topological polar surface area (TPSA) is 55.4 Å². The summed E-state index contributed by atoms with van der Waals surface area (Å²) >= 11 is 0. The summed E-state index contributed by atoms with van der Waals surface area (Å²) in [4.78, 5) is 22.4. The van der Waals surface area contributed by atoms with Crippen molar-refractivity contribution >= 4 is 17.6 Å². The molecule has 0 radical (unpaired) electrons. The molecule has 100 valence electrons. The van der Waals surface area contributed by atoms with Crippen molar-refractivity contribution in [2.45, 2.75) is 34.6 Å². The van der Waals surface area contributed by atoms with Gasteiger partial charge in [0.2, 0.25) is 5.91 Å². The second-order valence-corrected chi connectivity index (χ2v) is 3.43. The van der Waals surface area contributed by atoms with Gasteiger partial charge in [-0.3, -0.25) is 4.79 Å². The summed E-state index contributed by atoms with van der Waals surface area (Å²) in [6, 6.07) is 5.14. The summed E-state index contributed by atoms with van der Waals surface area (Å²) in [5.41, 5.74) is 1.90. The molecule has 0 bridgehead atoms. The number of aryl methyl sites for hydroxylation is 1. The first-order valence-corrected chi connectivity index (χ1v) is 6.10. The van der Waals surface area contributed by atoms with Gasteiger partial charge in [-0.1, -0.05) is 19.9 Å². The molecule has 0 fully saturated rings. The zero-order chi connectivity index (χ0) is 14.1. The molecule has 1 rings (SSSR count). The maximum Gasteiger partial charge on any atom is 0.338 e. The second kappa shape index (κ2) is 8.28. The second-order valence-electron chi connectivity index (χ2n) is 3.43. The highest BCUT2D eigenvalue weighted by molar-refractivity contribution is 5.94. The van der Waals surface area contributed by atoms with Gasteiger partial charge in [-0.2, -0.15) is 0 Å². The number of amides is 1. The highest BCUT2D eigenvalue weighted by Gasteiger charge is 2.10. The third-order valence-electron chi connectivity index (χ3n) is 2.05. The van der Waals surface area contributed by atoms with Gasteiger partial charge in [0.05, 0.1) is 12.2 Å². The van der Waals surface area contributed by atoms with Crippen LogP contribution in [0.2, 0.25) is 0 Å². The van der Waals surface area contributed by atoms with E-state index in [1.54, 1.807) is 25.1 Å². The Kier molecular flexibility index (Phi) is 7.43. The molecule has 1 aromatic rings. The van der Waals surface area contributed by atoms with E-state index in [0.717, 1.165) is 5.56 Å². The zero-order valence-corrected chi connectivity index (χ0v) is 11.7. The zero-order valence-electron chi connectivity index (χ0n) is 11.7. The van der Waals surface area contributed by atoms with Crippen molar-refractivity contribution in [2.24, 2.45) is 0 Å². The number of hydrogen-bond donors (Lipinski definition) is 1. The van der Waals surface area contributed by atoms with Crippen molar-refractivity contribution in [3.63, 3.8) is 0 Å². The number of nitrogens with one attached hydrogen (secondary N) is 1.